The Labute approximate surface area is 79.6 Å². The summed E-state index contributed by atoms with van der Waals surface area (Å²) in [5.41, 5.74) is 6.03. The number of hydrogen-bond acceptors (Lipinski definition) is 3. The molecular formula is C8H10N4O2. The van der Waals surface area contributed by atoms with Crippen LogP contribution in [0.4, 0.5) is 0 Å². The number of nitrogens with zero attached hydrogens (tertiary/aromatic N) is 3. The molecule has 6 nitrogen and oxygen atoms in total. The zero-order chi connectivity index (χ0) is 10.3. The fraction of sp³-hybridized carbons (Fsp3) is 0.250. The average Bonchev–Trinajstić information content (AvgIpc) is 2.68. The summed E-state index contributed by atoms with van der Waals surface area (Å²) in [5, 5.41) is 8.75. The molecule has 1 atom stereocenters. The minimum atomic E-state index is -1.05. The minimum Gasteiger partial charge on any atom is -0.480 e. The minimum absolute atomic E-state index is 0.528. The van der Waals surface area contributed by atoms with Crippen molar-refractivity contribution in [3.63, 3.8) is 0 Å². The standard InChI is InChI=1S/C8H10N4O2/c1-11-5(6(9)7(13)14)4-12-3-2-10-8(11)12/h2-4,6H,9H2,1H3,(H,13,14). The molecule has 0 radical (unpaired) electrons. The SMILES string of the molecule is Cn1c(C(N)C(=O)O)cn2ccnc12. The van der Waals surface area contributed by atoms with Crippen molar-refractivity contribution >= 4 is 11.7 Å². The van der Waals surface area contributed by atoms with E-state index in [9.17, 15) is 4.79 Å². The Kier molecular flexibility index (Phi) is 1.78. The van der Waals surface area contributed by atoms with Crippen molar-refractivity contribution in [3.05, 3.63) is 24.3 Å². The molecule has 0 aliphatic rings. The van der Waals surface area contributed by atoms with Crippen LogP contribution in [0.3, 0.4) is 0 Å². The molecule has 0 aromatic carbocycles. The second-order valence-corrected chi connectivity index (χ2v) is 3.06. The summed E-state index contributed by atoms with van der Waals surface area (Å²) >= 11 is 0. The molecule has 2 heterocycles. The molecule has 0 amide bonds. The van der Waals surface area contributed by atoms with E-state index >= 15 is 0 Å². The monoisotopic (exact) mass is 194 g/mol. The van der Waals surface area contributed by atoms with Crippen LogP contribution in [-0.4, -0.2) is 25.0 Å². The van der Waals surface area contributed by atoms with Gasteiger partial charge in [0.2, 0.25) is 5.78 Å². The van der Waals surface area contributed by atoms with Crippen molar-refractivity contribution < 1.29 is 9.90 Å². The molecule has 74 valence electrons. The van der Waals surface area contributed by atoms with E-state index < -0.39 is 12.0 Å². The highest BCUT2D eigenvalue weighted by atomic mass is 16.4. The number of imidazole rings is 2. The lowest BCUT2D eigenvalue weighted by Gasteiger charge is -2.06. The van der Waals surface area contributed by atoms with Crippen LogP contribution in [0.1, 0.15) is 11.7 Å². The molecule has 0 aliphatic heterocycles. The first-order chi connectivity index (χ1) is 6.61. The third-order valence-electron chi connectivity index (χ3n) is 2.19. The van der Waals surface area contributed by atoms with Gasteiger partial charge in [-0.25, -0.2) is 4.98 Å². The first kappa shape index (κ1) is 8.76. The van der Waals surface area contributed by atoms with Gasteiger partial charge in [0.1, 0.15) is 6.04 Å². The van der Waals surface area contributed by atoms with Gasteiger partial charge in [-0.1, -0.05) is 0 Å². The van der Waals surface area contributed by atoms with Crippen LogP contribution in [0.5, 0.6) is 0 Å². The Morgan fingerprint density at radius 3 is 3.00 bits per heavy atom. The summed E-state index contributed by atoms with van der Waals surface area (Å²) in [6, 6.07) is -1.01. The van der Waals surface area contributed by atoms with Crippen LogP contribution in [0.15, 0.2) is 18.6 Å². The summed E-state index contributed by atoms with van der Waals surface area (Å²) in [4.78, 5) is 14.7. The number of aryl methyl sites for hydroxylation is 1. The molecule has 0 fully saturated rings. The van der Waals surface area contributed by atoms with Crippen molar-refractivity contribution in [1.82, 2.24) is 14.0 Å². The van der Waals surface area contributed by atoms with E-state index in [2.05, 4.69) is 4.98 Å². The lowest BCUT2D eigenvalue weighted by atomic mass is 10.2. The number of hydrogen-bond donors (Lipinski definition) is 2. The van der Waals surface area contributed by atoms with Crippen LogP contribution in [0, 0.1) is 0 Å². The van der Waals surface area contributed by atoms with Gasteiger partial charge >= 0.3 is 5.97 Å². The lowest BCUT2D eigenvalue weighted by Crippen LogP contribution is -2.23. The maximum Gasteiger partial charge on any atom is 0.326 e. The number of nitrogens with two attached hydrogens (primary N) is 1. The van der Waals surface area contributed by atoms with E-state index in [-0.39, 0.29) is 0 Å². The molecule has 6 heteroatoms. The molecule has 0 saturated heterocycles. The third kappa shape index (κ3) is 1.08. The maximum atomic E-state index is 10.7. The molecule has 0 saturated carbocycles. The number of carboxylic acid groups (broad SMARTS) is 1. The fourth-order valence-electron chi connectivity index (χ4n) is 1.43. The zero-order valence-electron chi connectivity index (χ0n) is 7.58. The zero-order valence-corrected chi connectivity index (χ0v) is 7.58. The van der Waals surface area contributed by atoms with Gasteiger partial charge in [0.25, 0.3) is 0 Å². The number of carbonyl (C=O) groups is 1. The van der Waals surface area contributed by atoms with Gasteiger partial charge in [0.15, 0.2) is 0 Å². The highest BCUT2D eigenvalue weighted by Gasteiger charge is 2.19. The van der Waals surface area contributed by atoms with Crippen molar-refractivity contribution in [2.75, 3.05) is 0 Å². The van der Waals surface area contributed by atoms with E-state index in [1.807, 2.05) is 0 Å². The van der Waals surface area contributed by atoms with Gasteiger partial charge in [0, 0.05) is 25.6 Å². The molecular weight excluding hydrogens is 184 g/mol. The van der Waals surface area contributed by atoms with Crippen LogP contribution in [0.25, 0.3) is 5.78 Å². The summed E-state index contributed by atoms with van der Waals surface area (Å²) in [7, 11) is 1.74. The molecule has 0 bridgehead atoms. The molecule has 2 rings (SSSR count). The number of aromatic nitrogens is 3. The number of aliphatic carboxylic acids is 1. The first-order valence-corrected chi connectivity index (χ1v) is 4.08. The molecule has 0 aliphatic carbocycles. The Balaban J connectivity index is 2.57. The van der Waals surface area contributed by atoms with Gasteiger partial charge in [-0.3, -0.25) is 9.20 Å². The maximum absolute atomic E-state index is 10.7. The van der Waals surface area contributed by atoms with E-state index in [1.165, 1.54) is 0 Å². The quantitative estimate of drug-likeness (QED) is 0.690. The van der Waals surface area contributed by atoms with Crippen molar-refractivity contribution in [1.29, 1.82) is 0 Å². The van der Waals surface area contributed by atoms with Gasteiger partial charge in [0.05, 0.1) is 5.69 Å². The largest absolute Gasteiger partial charge is 0.480 e. The fourth-order valence-corrected chi connectivity index (χ4v) is 1.43. The van der Waals surface area contributed by atoms with Gasteiger partial charge in [-0.05, 0) is 0 Å². The van der Waals surface area contributed by atoms with Crippen LogP contribution in [0.2, 0.25) is 0 Å². The summed E-state index contributed by atoms with van der Waals surface area (Å²) < 4.78 is 3.40. The van der Waals surface area contributed by atoms with Crippen LogP contribution in [-0.2, 0) is 11.8 Å². The van der Waals surface area contributed by atoms with Gasteiger partial charge in [-0.2, -0.15) is 0 Å². The summed E-state index contributed by atoms with van der Waals surface area (Å²) in [5.74, 6) is -0.370. The average molecular weight is 194 g/mol. The Morgan fingerprint density at radius 2 is 2.43 bits per heavy atom. The molecule has 2 aromatic heterocycles. The summed E-state index contributed by atoms with van der Waals surface area (Å²) in [6.07, 6.45) is 5.06. The van der Waals surface area contributed by atoms with Gasteiger partial charge in [-0.15, -0.1) is 0 Å². The predicted molar refractivity (Wildman–Crippen MR) is 48.7 cm³/mol. The normalized spacial score (nSPS) is 13.3. The van der Waals surface area contributed by atoms with Crippen molar-refractivity contribution in [3.8, 4) is 0 Å². The van der Waals surface area contributed by atoms with Crippen LogP contribution < -0.4 is 5.73 Å². The van der Waals surface area contributed by atoms with E-state index in [0.29, 0.717) is 11.5 Å². The molecule has 1 unspecified atom stereocenters. The topological polar surface area (TPSA) is 85.5 Å². The second kappa shape index (κ2) is 2.85. The number of fused-ring (bicyclic) bond motifs is 1. The van der Waals surface area contributed by atoms with Gasteiger partial charge < -0.3 is 15.4 Å². The Morgan fingerprint density at radius 1 is 1.71 bits per heavy atom. The van der Waals surface area contributed by atoms with Crippen LogP contribution >= 0.6 is 0 Å². The molecule has 14 heavy (non-hydrogen) atoms. The smallest absolute Gasteiger partial charge is 0.326 e. The number of carboxylic acids is 1. The Hall–Kier alpha value is -1.82. The second-order valence-electron chi connectivity index (χ2n) is 3.06. The Bertz CT molecular complexity index is 484. The molecule has 0 spiro atoms. The van der Waals surface area contributed by atoms with Crippen molar-refractivity contribution in [2.45, 2.75) is 6.04 Å². The third-order valence-corrected chi connectivity index (χ3v) is 2.19. The molecule has 3 N–H and O–H groups in total. The highest BCUT2D eigenvalue weighted by molar-refractivity contribution is 5.74. The van der Waals surface area contributed by atoms with E-state index in [4.69, 9.17) is 10.8 Å². The van der Waals surface area contributed by atoms with E-state index in [0.717, 1.165) is 0 Å². The summed E-state index contributed by atoms with van der Waals surface area (Å²) in [6.45, 7) is 0. The molecule has 2 aromatic rings. The van der Waals surface area contributed by atoms with E-state index in [1.54, 1.807) is 34.6 Å². The highest BCUT2D eigenvalue weighted by Crippen LogP contribution is 2.13. The van der Waals surface area contributed by atoms with Crippen molar-refractivity contribution in [2.24, 2.45) is 12.8 Å². The predicted octanol–water partition coefficient (Wildman–Crippen LogP) is -0.243. The number of rotatable bonds is 2. The lowest BCUT2D eigenvalue weighted by molar-refractivity contribution is -0.138. The first-order valence-electron chi connectivity index (χ1n) is 4.08.